The number of hydrogen-bond acceptors (Lipinski definition) is 6. The van der Waals surface area contributed by atoms with E-state index in [0.717, 1.165) is 27.3 Å². The quantitative estimate of drug-likeness (QED) is 0.582. The minimum Gasteiger partial charge on any atom is -0.370 e. The summed E-state index contributed by atoms with van der Waals surface area (Å²) in [5.41, 5.74) is 9.84. The summed E-state index contributed by atoms with van der Waals surface area (Å²) in [6, 6.07) is 18.1. The molecular weight excluding hydrogens is 332 g/mol. The van der Waals surface area contributed by atoms with E-state index < -0.39 is 0 Å². The van der Waals surface area contributed by atoms with Gasteiger partial charge in [-0.05, 0) is 12.1 Å². The van der Waals surface area contributed by atoms with Crippen LogP contribution >= 0.6 is 11.3 Å². The van der Waals surface area contributed by atoms with Gasteiger partial charge in [0.05, 0.1) is 16.7 Å². The van der Waals surface area contributed by atoms with Gasteiger partial charge in [0.15, 0.2) is 12.1 Å². The number of nitrogens with one attached hydrogen (secondary N) is 1. The molecule has 1 aliphatic rings. The molecule has 25 heavy (non-hydrogen) atoms. The lowest BCUT2D eigenvalue weighted by Crippen LogP contribution is -2.31. The number of imidazole rings is 1. The fourth-order valence-electron chi connectivity index (χ4n) is 3.03. The Morgan fingerprint density at radius 2 is 1.80 bits per heavy atom. The topological polar surface area (TPSA) is 81.1 Å². The number of aliphatic imine (C=N–C) groups is 1. The fraction of sp³-hybridized carbons (Fsp3) is 0.0556. The first-order valence-corrected chi connectivity index (χ1v) is 8.76. The third-order valence-electron chi connectivity index (χ3n) is 4.15. The van der Waals surface area contributed by atoms with Crippen LogP contribution in [0.5, 0.6) is 0 Å². The van der Waals surface area contributed by atoms with Crippen molar-refractivity contribution in [3.8, 4) is 10.6 Å². The maximum Gasteiger partial charge on any atom is 0.212 e. The molecule has 1 atom stereocenters. The Labute approximate surface area is 147 Å². The van der Waals surface area contributed by atoms with Gasteiger partial charge in [0.25, 0.3) is 0 Å². The summed E-state index contributed by atoms with van der Waals surface area (Å²) < 4.78 is 2.04. The van der Waals surface area contributed by atoms with Gasteiger partial charge in [0.2, 0.25) is 5.95 Å². The molecule has 2 aromatic heterocycles. The second-order valence-electron chi connectivity index (χ2n) is 5.75. The Balaban J connectivity index is 1.65. The number of benzene rings is 2. The van der Waals surface area contributed by atoms with E-state index in [9.17, 15) is 0 Å². The van der Waals surface area contributed by atoms with Crippen LogP contribution in [0.2, 0.25) is 0 Å². The molecule has 0 bridgehead atoms. The lowest BCUT2D eigenvalue weighted by atomic mass is 10.2. The molecule has 0 spiro atoms. The summed E-state index contributed by atoms with van der Waals surface area (Å²) >= 11 is 1.60. The van der Waals surface area contributed by atoms with Gasteiger partial charge in [-0.15, -0.1) is 11.3 Å². The van der Waals surface area contributed by atoms with Crippen molar-refractivity contribution >= 4 is 34.3 Å². The summed E-state index contributed by atoms with van der Waals surface area (Å²) in [5.74, 6) is 1.04. The van der Waals surface area contributed by atoms with Crippen LogP contribution in [0.25, 0.3) is 21.6 Å². The molecule has 1 aliphatic heterocycles. The standard InChI is InChI=1S/C18H14N6S/c19-17-22-15(13-10-25-16(20-13)11-6-2-1-3-7-11)24-14-9-5-4-8-12(14)21-18(24)23-17/h1-10,15H,(H3,19,21,22,23)/t15-/m0/s1. The van der Waals surface area contributed by atoms with Crippen LogP contribution in [-0.2, 0) is 0 Å². The number of para-hydroxylation sites is 2. The molecule has 0 saturated heterocycles. The zero-order chi connectivity index (χ0) is 16.8. The van der Waals surface area contributed by atoms with Gasteiger partial charge in [-0.1, -0.05) is 42.5 Å². The highest BCUT2D eigenvalue weighted by Gasteiger charge is 2.26. The molecule has 6 nitrogen and oxygen atoms in total. The van der Waals surface area contributed by atoms with Gasteiger partial charge in [-0.25, -0.2) is 15.0 Å². The van der Waals surface area contributed by atoms with Crippen molar-refractivity contribution in [2.24, 2.45) is 10.7 Å². The van der Waals surface area contributed by atoms with E-state index in [1.807, 2.05) is 52.4 Å². The third kappa shape index (κ3) is 2.28. The summed E-state index contributed by atoms with van der Waals surface area (Å²) in [5, 5.41) is 6.04. The molecule has 0 aliphatic carbocycles. The first kappa shape index (κ1) is 14.2. The molecule has 5 rings (SSSR count). The number of thiazole rings is 1. The van der Waals surface area contributed by atoms with Crippen LogP contribution in [0.15, 0.2) is 65.0 Å². The average Bonchev–Trinajstić information content (AvgIpc) is 3.26. The summed E-state index contributed by atoms with van der Waals surface area (Å²) in [6.45, 7) is 0. The third-order valence-corrected chi connectivity index (χ3v) is 5.06. The molecule has 2 aromatic carbocycles. The number of nitrogens with two attached hydrogens (primary N) is 1. The van der Waals surface area contributed by atoms with E-state index in [1.165, 1.54) is 0 Å². The zero-order valence-corrected chi connectivity index (χ0v) is 13.9. The molecule has 0 amide bonds. The summed E-state index contributed by atoms with van der Waals surface area (Å²) in [4.78, 5) is 14.0. The highest BCUT2D eigenvalue weighted by Crippen LogP contribution is 2.34. The predicted octanol–water partition coefficient (Wildman–Crippen LogP) is 3.45. The Hall–Kier alpha value is -3.19. The Morgan fingerprint density at radius 1 is 1.00 bits per heavy atom. The minimum atomic E-state index is -0.322. The SMILES string of the molecule is NC1=N[C@H](c2csc(-c3ccccc3)n2)n2c(nc3ccccc32)N1. The van der Waals surface area contributed by atoms with E-state index in [-0.39, 0.29) is 6.17 Å². The van der Waals surface area contributed by atoms with Gasteiger partial charge in [-0.3, -0.25) is 9.88 Å². The van der Waals surface area contributed by atoms with Crippen molar-refractivity contribution in [3.05, 3.63) is 65.7 Å². The molecule has 3 heterocycles. The molecule has 7 heteroatoms. The van der Waals surface area contributed by atoms with E-state index >= 15 is 0 Å². The van der Waals surface area contributed by atoms with E-state index in [0.29, 0.717) is 11.9 Å². The number of nitrogens with zero attached hydrogens (tertiary/aromatic N) is 4. The number of rotatable bonds is 2. The van der Waals surface area contributed by atoms with Crippen molar-refractivity contribution in [2.45, 2.75) is 6.17 Å². The van der Waals surface area contributed by atoms with Gasteiger partial charge >= 0.3 is 0 Å². The number of fused-ring (bicyclic) bond motifs is 3. The maximum absolute atomic E-state index is 5.98. The monoisotopic (exact) mass is 346 g/mol. The van der Waals surface area contributed by atoms with Crippen molar-refractivity contribution < 1.29 is 0 Å². The van der Waals surface area contributed by atoms with Gasteiger partial charge in [-0.2, -0.15) is 0 Å². The molecule has 0 radical (unpaired) electrons. The normalized spacial score (nSPS) is 16.3. The molecule has 0 fully saturated rings. The van der Waals surface area contributed by atoms with Crippen LogP contribution in [0, 0.1) is 0 Å². The van der Waals surface area contributed by atoms with E-state index in [4.69, 9.17) is 10.7 Å². The summed E-state index contributed by atoms with van der Waals surface area (Å²) in [6.07, 6.45) is -0.322. The zero-order valence-electron chi connectivity index (χ0n) is 13.1. The van der Waals surface area contributed by atoms with Crippen LogP contribution in [-0.4, -0.2) is 20.5 Å². The van der Waals surface area contributed by atoms with Crippen LogP contribution in [0.4, 0.5) is 5.95 Å². The average molecular weight is 346 g/mol. The lowest BCUT2D eigenvalue weighted by molar-refractivity contribution is 0.612. The van der Waals surface area contributed by atoms with Gasteiger partial charge in [0.1, 0.15) is 5.01 Å². The van der Waals surface area contributed by atoms with Crippen LogP contribution in [0.1, 0.15) is 11.9 Å². The molecule has 0 unspecified atom stereocenters. The maximum atomic E-state index is 5.98. The summed E-state index contributed by atoms with van der Waals surface area (Å²) in [7, 11) is 0. The van der Waals surface area contributed by atoms with Crippen molar-refractivity contribution in [2.75, 3.05) is 5.32 Å². The number of hydrogen-bond donors (Lipinski definition) is 2. The Kier molecular flexibility index (Phi) is 3.07. The van der Waals surface area contributed by atoms with Gasteiger partial charge < -0.3 is 5.73 Å². The predicted molar refractivity (Wildman–Crippen MR) is 101 cm³/mol. The Morgan fingerprint density at radius 3 is 2.68 bits per heavy atom. The minimum absolute atomic E-state index is 0.322. The Bertz CT molecular complexity index is 1100. The molecular formula is C18H14N6S. The van der Waals surface area contributed by atoms with Crippen molar-refractivity contribution in [1.82, 2.24) is 14.5 Å². The highest BCUT2D eigenvalue weighted by atomic mass is 32.1. The van der Waals surface area contributed by atoms with Crippen molar-refractivity contribution in [1.29, 1.82) is 0 Å². The molecule has 4 aromatic rings. The van der Waals surface area contributed by atoms with Crippen molar-refractivity contribution in [3.63, 3.8) is 0 Å². The number of aromatic nitrogens is 3. The number of anilines is 1. The molecule has 0 saturated carbocycles. The lowest BCUT2D eigenvalue weighted by Gasteiger charge is -2.22. The first-order valence-electron chi connectivity index (χ1n) is 7.88. The fourth-order valence-corrected chi connectivity index (χ4v) is 3.87. The molecule has 3 N–H and O–H groups in total. The van der Waals surface area contributed by atoms with Gasteiger partial charge in [0, 0.05) is 10.9 Å². The first-order chi connectivity index (χ1) is 12.3. The highest BCUT2D eigenvalue weighted by molar-refractivity contribution is 7.13. The van der Waals surface area contributed by atoms with E-state index in [2.05, 4.69) is 27.4 Å². The van der Waals surface area contributed by atoms with E-state index in [1.54, 1.807) is 11.3 Å². The molecule has 122 valence electrons. The van der Waals surface area contributed by atoms with Crippen LogP contribution < -0.4 is 11.1 Å². The largest absolute Gasteiger partial charge is 0.370 e. The second kappa shape index (κ2) is 5.42. The number of guanidine groups is 1. The van der Waals surface area contributed by atoms with Crippen LogP contribution in [0.3, 0.4) is 0 Å². The smallest absolute Gasteiger partial charge is 0.212 e. The second-order valence-corrected chi connectivity index (χ2v) is 6.61.